The van der Waals surface area contributed by atoms with Gasteiger partial charge in [-0.05, 0) is 55.8 Å². The first kappa shape index (κ1) is 22.9. The number of imidazole rings is 1. The van der Waals surface area contributed by atoms with Crippen molar-refractivity contribution in [2.24, 2.45) is 0 Å². The van der Waals surface area contributed by atoms with Gasteiger partial charge in [0, 0.05) is 45.1 Å². The van der Waals surface area contributed by atoms with E-state index >= 15 is 0 Å². The van der Waals surface area contributed by atoms with Crippen LogP contribution < -0.4 is 5.32 Å². The lowest BCUT2D eigenvalue weighted by atomic mass is 10.1. The van der Waals surface area contributed by atoms with Crippen LogP contribution in [0, 0.1) is 6.92 Å². The lowest BCUT2D eigenvalue weighted by Gasteiger charge is -2.11. The minimum absolute atomic E-state index is 0.116. The second kappa shape index (κ2) is 8.92. The molecule has 4 aromatic rings. The molecule has 8 nitrogen and oxygen atoms in total. The van der Waals surface area contributed by atoms with E-state index in [-0.39, 0.29) is 17.2 Å². The summed E-state index contributed by atoms with van der Waals surface area (Å²) in [5.41, 5.74) is 4.10. The summed E-state index contributed by atoms with van der Waals surface area (Å²) in [7, 11) is -0.542. The van der Waals surface area contributed by atoms with Crippen LogP contribution in [0.15, 0.2) is 53.6 Å². The molecule has 2 aromatic carbocycles. The number of hydrogen-bond acceptors (Lipinski definition) is 5. The number of amides is 1. The van der Waals surface area contributed by atoms with Gasteiger partial charge in [0.2, 0.25) is 15.9 Å². The zero-order valence-corrected chi connectivity index (χ0v) is 20.0. The van der Waals surface area contributed by atoms with E-state index in [0.29, 0.717) is 18.5 Å². The maximum absolute atomic E-state index is 12.7. The molecule has 0 aliphatic carbocycles. The minimum atomic E-state index is -3.55. The first-order chi connectivity index (χ1) is 15.7. The van der Waals surface area contributed by atoms with Crippen molar-refractivity contribution in [1.82, 2.24) is 18.8 Å². The Balaban J connectivity index is 1.56. The summed E-state index contributed by atoms with van der Waals surface area (Å²) in [6.07, 6.45) is 2.43. The van der Waals surface area contributed by atoms with Crippen LogP contribution in [0.5, 0.6) is 0 Å². The molecule has 0 saturated heterocycles. The van der Waals surface area contributed by atoms with Crippen molar-refractivity contribution in [2.75, 3.05) is 19.4 Å². The Labute approximate surface area is 193 Å². The van der Waals surface area contributed by atoms with E-state index in [9.17, 15) is 13.2 Å². The molecule has 4 rings (SSSR count). The van der Waals surface area contributed by atoms with Crippen molar-refractivity contribution in [2.45, 2.75) is 38.1 Å². The average molecular weight is 466 g/mol. The van der Waals surface area contributed by atoms with Gasteiger partial charge in [-0.15, -0.1) is 0 Å². The van der Waals surface area contributed by atoms with Crippen molar-refractivity contribution in [1.29, 1.82) is 0 Å². The van der Waals surface area contributed by atoms with E-state index in [4.69, 9.17) is 0 Å². The Morgan fingerprint density at radius 3 is 2.67 bits per heavy atom. The van der Waals surface area contributed by atoms with Crippen molar-refractivity contribution >= 4 is 43.6 Å². The number of carbonyl (C=O) groups excluding carboxylic acids is 1. The molecule has 0 aliphatic heterocycles. The third-order valence-electron chi connectivity index (χ3n) is 5.71. The number of nitrogens with zero attached hydrogens (tertiary/aromatic N) is 4. The van der Waals surface area contributed by atoms with E-state index in [1.165, 1.54) is 18.4 Å². The molecule has 0 aliphatic rings. The largest absolute Gasteiger partial charge is 0.328 e. The summed E-state index contributed by atoms with van der Waals surface area (Å²) in [6.45, 7) is 4.66. The smallest absolute Gasteiger partial charge is 0.242 e. The number of nitrogens with one attached hydrogen (secondary N) is 1. The maximum Gasteiger partial charge on any atom is 0.242 e. The Kier molecular flexibility index (Phi) is 6.18. The quantitative estimate of drug-likeness (QED) is 0.449. The van der Waals surface area contributed by atoms with Gasteiger partial charge in [-0.25, -0.2) is 17.7 Å². The summed E-state index contributed by atoms with van der Waals surface area (Å²) in [5, 5.41) is 3.90. The van der Waals surface area contributed by atoms with Crippen LogP contribution >= 0.6 is 0 Å². The number of pyridine rings is 1. The Hall–Kier alpha value is -3.30. The first-order valence-electron chi connectivity index (χ1n) is 10.8. The van der Waals surface area contributed by atoms with E-state index < -0.39 is 10.0 Å². The number of aryl methyl sites for hydroxylation is 3. The topological polar surface area (TPSA) is 97.2 Å². The zero-order valence-electron chi connectivity index (χ0n) is 19.2. The van der Waals surface area contributed by atoms with E-state index in [2.05, 4.69) is 15.3 Å². The first-order valence-corrected chi connectivity index (χ1v) is 12.2. The second-order valence-electron chi connectivity index (χ2n) is 8.09. The summed E-state index contributed by atoms with van der Waals surface area (Å²) in [6, 6.07) is 12.6. The van der Waals surface area contributed by atoms with Gasteiger partial charge in [0.1, 0.15) is 5.82 Å². The van der Waals surface area contributed by atoms with Crippen LogP contribution in [0.1, 0.15) is 24.7 Å². The number of anilines is 1. The van der Waals surface area contributed by atoms with Gasteiger partial charge in [0.25, 0.3) is 0 Å². The normalized spacial score (nSPS) is 12.0. The molecule has 0 atom stereocenters. The lowest BCUT2D eigenvalue weighted by Crippen LogP contribution is -2.22. The van der Waals surface area contributed by atoms with E-state index in [1.807, 2.05) is 42.7 Å². The Bertz CT molecular complexity index is 1460. The Morgan fingerprint density at radius 1 is 1.15 bits per heavy atom. The predicted octanol–water partition coefficient (Wildman–Crippen LogP) is 3.73. The van der Waals surface area contributed by atoms with Gasteiger partial charge in [-0.3, -0.25) is 9.78 Å². The molecule has 0 bridgehead atoms. The van der Waals surface area contributed by atoms with E-state index in [1.54, 1.807) is 24.4 Å². The van der Waals surface area contributed by atoms with Gasteiger partial charge in [-0.2, -0.15) is 0 Å². The zero-order chi connectivity index (χ0) is 23.8. The second-order valence-corrected chi connectivity index (χ2v) is 10.2. The Morgan fingerprint density at radius 2 is 1.94 bits per heavy atom. The summed E-state index contributed by atoms with van der Waals surface area (Å²) >= 11 is 0. The van der Waals surface area contributed by atoms with Gasteiger partial charge in [0.05, 0.1) is 27.1 Å². The summed E-state index contributed by atoms with van der Waals surface area (Å²) < 4.78 is 28.1. The maximum atomic E-state index is 12.7. The fourth-order valence-corrected chi connectivity index (χ4v) is 4.86. The number of sulfonamides is 1. The molecular weight excluding hydrogens is 438 g/mol. The number of rotatable bonds is 7. The van der Waals surface area contributed by atoms with Crippen molar-refractivity contribution in [3.63, 3.8) is 0 Å². The summed E-state index contributed by atoms with van der Waals surface area (Å²) in [5.74, 6) is 0.632. The fourth-order valence-electron chi connectivity index (χ4n) is 3.94. The molecule has 1 amide bonds. The molecular formula is C24H27N5O3S. The predicted molar refractivity (Wildman–Crippen MR) is 130 cm³/mol. The molecule has 33 heavy (non-hydrogen) atoms. The molecule has 0 fully saturated rings. The molecule has 172 valence electrons. The van der Waals surface area contributed by atoms with Crippen LogP contribution in [0.25, 0.3) is 21.9 Å². The SMILES string of the molecule is CCn1c(CCC(=O)Nc2ccc(C)c3ncccc23)nc2cc(S(=O)(=O)N(C)C)ccc21. The lowest BCUT2D eigenvalue weighted by molar-refractivity contribution is -0.116. The van der Waals surface area contributed by atoms with Gasteiger partial charge < -0.3 is 9.88 Å². The third-order valence-corrected chi connectivity index (χ3v) is 7.53. The van der Waals surface area contributed by atoms with Crippen LogP contribution in [0.4, 0.5) is 5.69 Å². The number of carbonyl (C=O) groups is 1. The highest BCUT2D eigenvalue weighted by atomic mass is 32.2. The highest BCUT2D eigenvalue weighted by molar-refractivity contribution is 7.89. The van der Waals surface area contributed by atoms with Crippen LogP contribution in [0.2, 0.25) is 0 Å². The standard InChI is InChI=1S/C24H27N5O3S/c1-5-29-21-11-9-17(33(31,32)28(3)4)15-20(21)26-22(29)12-13-23(30)27-19-10-8-16(2)24-18(19)7-6-14-25-24/h6-11,14-15H,5,12-13H2,1-4H3,(H,27,30). The van der Waals surface area contributed by atoms with Crippen molar-refractivity contribution < 1.29 is 13.2 Å². The van der Waals surface area contributed by atoms with Gasteiger partial charge in [-0.1, -0.05) is 6.07 Å². The van der Waals surface area contributed by atoms with Crippen LogP contribution in [-0.2, 0) is 27.8 Å². The number of hydrogen-bond donors (Lipinski definition) is 1. The minimum Gasteiger partial charge on any atom is -0.328 e. The molecule has 9 heteroatoms. The number of benzene rings is 2. The number of fused-ring (bicyclic) bond motifs is 2. The van der Waals surface area contributed by atoms with Crippen molar-refractivity contribution in [3.05, 3.63) is 60.0 Å². The van der Waals surface area contributed by atoms with E-state index in [0.717, 1.165) is 33.5 Å². The third kappa shape index (κ3) is 4.34. The molecule has 1 N–H and O–H groups in total. The number of aromatic nitrogens is 3. The highest BCUT2D eigenvalue weighted by Crippen LogP contribution is 2.25. The van der Waals surface area contributed by atoms with Gasteiger partial charge >= 0.3 is 0 Å². The van der Waals surface area contributed by atoms with Crippen LogP contribution in [0.3, 0.4) is 0 Å². The summed E-state index contributed by atoms with van der Waals surface area (Å²) in [4.78, 5) is 22.0. The average Bonchev–Trinajstić information content (AvgIpc) is 3.16. The van der Waals surface area contributed by atoms with Gasteiger partial charge in [0.15, 0.2) is 0 Å². The fraction of sp³-hybridized carbons (Fsp3) is 0.292. The molecule has 0 radical (unpaired) electrons. The molecule has 0 spiro atoms. The highest BCUT2D eigenvalue weighted by Gasteiger charge is 2.20. The monoisotopic (exact) mass is 465 g/mol. The molecule has 2 heterocycles. The van der Waals surface area contributed by atoms with Crippen LogP contribution in [-0.4, -0.2) is 47.3 Å². The molecule has 0 unspecified atom stereocenters. The molecule has 0 saturated carbocycles. The molecule has 2 aromatic heterocycles. The van der Waals surface area contributed by atoms with Crippen molar-refractivity contribution in [3.8, 4) is 0 Å².